The quantitative estimate of drug-likeness (QED) is 0.530. The number of aromatic nitrogens is 5. The van der Waals surface area contributed by atoms with Gasteiger partial charge in [0.1, 0.15) is 4.90 Å². The largest absolute Gasteiger partial charge is 0.416 e. The summed E-state index contributed by atoms with van der Waals surface area (Å²) in [5, 5.41) is 8.96. The van der Waals surface area contributed by atoms with Gasteiger partial charge in [0, 0.05) is 24.8 Å². The minimum Gasteiger partial charge on any atom is -0.279 e. The van der Waals surface area contributed by atoms with Crippen LogP contribution in [0.3, 0.4) is 0 Å². The van der Waals surface area contributed by atoms with Crippen molar-refractivity contribution in [3.8, 4) is 5.82 Å². The fourth-order valence-electron chi connectivity index (χ4n) is 2.91. The third-order valence-corrected chi connectivity index (χ3v) is 5.71. The van der Waals surface area contributed by atoms with Crippen LogP contribution in [0.15, 0.2) is 53.9 Å². The summed E-state index contributed by atoms with van der Waals surface area (Å²) >= 11 is 0. The first-order valence-electron chi connectivity index (χ1n) is 8.58. The fraction of sp³-hybridized carbons (Fsp3) is 0.167. The van der Waals surface area contributed by atoms with Crippen molar-refractivity contribution in [1.82, 2.24) is 24.5 Å². The van der Waals surface area contributed by atoms with Crippen LogP contribution in [-0.2, 0) is 23.2 Å². The Hall–Kier alpha value is -3.41. The normalized spacial score (nSPS) is 12.4. The molecule has 4 rings (SSSR count). The van der Waals surface area contributed by atoms with E-state index in [-0.39, 0.29) is 10.7 Å². The van der Waals surface area contributed by atoms with Crippen LogP contribution in [0.4, 0.5) is 18.9 Å². The fourth-order valence-corrected chi connectivity index (χ4v) is 3.96. The molecule has 0 fully saturated rings. The highest BCUT2D eigenvalue weighted by atomic mass is 32.2. The summed E-state index contributed by atoms with van der Waals surface area (Å²) in [4.78, 5) is 3.61. The van der Waals surface area contributed by atoms with Gasteiger partial charge in [0.15, 0.2) is 5.82 Å². The predicted octanol–water partition coefficient (Wildman–Crippen LogP) is 3.28. The van der Waals surface area contributed by atoms with Crippen LogP contribution < -0.4 is 4.72 Å². The zero-order valence-electron chi connectivity index (χ0n) is 15.7. The Morgan fingerprint density at radius 1 is 1.13 bits per heavy atom. The molecule has 12 heteroatoms. The third-order valence-electron chi connectivity index (χ3n) is 4.39. The third kappa shape index (κ3) is 3.73. The highest BCUT2D eigenvalue weighted by Gasteiger charge is 2.31. The maximum Gasteiger partial charge on any atom is 0.416 e. The number of aryl methyl sites for hydroxylation is 2. The number of rotatable bonds is 4. The van der Waals surface area contributed by atoms with Crippen molar-refractivity contribution in [3.63, 3.8) is 0 Å². The van der Waals surface area contributed by atoms with Crippen LogP contribution in [0.1, 0.15) is 11.1 Å². The Kier molecular flexibility index (Phi) is 4.53. The van der Waals surface area contributed by atoms with Crippen molar-refractivity contribution in [1.29, 1.82) is 0 Å². The highest BCUT2D eigenvalue weighted by Crippen LogP contribution is 2.30. The van der Waals surface area contributed by atoms with E-state index in [0.717, 1.165) is 40.8 Å². The maximum absolute atomic E-state index is 12.9. The molecule has 4 aromatic rings. The van der Waals surface area contributed by atoms with E-state index in [4.69, 9.17) is 0 Å². The molecule has 30 heavy (non-hydrogen) atoms. The average Bonchev–Trinajstić information content (AvgIpc) is 3.28. The van der Waals surface area contributed by atoms with E-state index in [1.165, 1.54) is 0 Å². The molecule has 0 saturated heterocycles. The van der Waals surface area contributed by atoms with Crippen LogP contribution in [0.5, 0.6) is 0 Å². The molecule has 0 unspecified atom stereocenters. The first-order valence-corrected chi connectivity index (χ1v) is 10.1. The van der Waals surface area contributed by atoms with Crippen LogP contribution in [0.25, 0.3) is 16.7 Å². The van der Waals surface area contributed by atoms with Gasteiger partial charge in [-0.2, -0.15) is 23.4 Å². The molecule has 0 aliphatic heterocycles. The molecule has 1 N–H and O–H groups in total. The lowest BCUT2D eigenvalue weighted by Crippen LogP contribution is -2.13. The molecule has 3 aromatic heterocycles. The number of hydrogen-bond acceptors (Lipinski definition) is 5. The molecule has 0 bridgehead atoms. The van der Waals surface area contributed by atoms with Gasteiger partial charge in [-0.05, 0) is 36.8 Å². The Morgan fingerprint density at radius 3 is 2.63 bits per heavy atom. The molecule has 0 aliphatic rings. The second kappa shape index (κ2) is 6.83. The molecule has 0 amide bonds. The number of fused-ring (bicyclic) bond motifs is 1. The highest BCUT2D eigenvalue weighted by molar-refractivity contribution is 7.92. The molecule has 1 aromatic carbocycles. The number of hydrogen-bond donors (Lipinski definition) is 1. The number of halogens is 3. The van der Waals surface area contributed by atoms with E-state index in [9.17, 15) is 21.6 Å². The Bertz CT molecular complexity index is 1360. The first-order chi connectivity index (χ1) is 14.0. The summed E-state index contributed by atoms with van der Waals surface area (Å²) < 4.78 is 69.3. The van der Waals surface area contributed by atoms with E-state index in [1.54, 1.807) is 30.8 Å². The van der Waals surface area contributed by atoms with E-state index >= 15 is 0 Å². The lowest BCUT2D eigenvalue weighted by Gasteiger charge is -2.09. The molecular formula is C18H15F3N6O2S. The number of sulfonamides is 1. The van der Waals surface area contributed by atoms with Crippen molar-refractivity contribution in [2.24, 2.45) is 7.05 Å². The van der Waals surface area contributed by atoms with E-state index in [2.05, 4.69) is 19.9 Å². The van der Waals surface area contributed by atoms with Gasteiger partial charge in [0.25, 0.3) is 10.0 Å². The van der Waals surface area contributed by atoms with Gasteiger partial charge >= 0.3 is 6.18 Å². The molecule has 0 radical (unpaired) electrons. The zero-order chi connectivity index (χ0) is 21.7. The van der Waals surface area contributed by atoms with E-state index in [0.29, 0.717) is 16.8 Å². The van der Waals surface area contributed by atoms with E-state index < -0.39 is 21.8 Å². The minimum absolute atomic E-state index is 0.155. The van der Waals surface area contributed by atoms with Crippen molar-refractivity contribution in [3.05, 3.63) is 60.2 Å². The summed E-state index contributed by atoms with van der Waals surface area (Å²) in [6, 6.07) is 5.02. The van der Waals surface area contributed by atoms with Crippen molar-refractivity contribution < 1.29 is 21.6 Å². The molecule has 3 heterocycles. The molecule has 8 nitrogen and oxygen atoms in total. The summed E-state index contributed by atoms with van der Waals surface area (Å²) in [5.41, 5.74) is 0.728. The Balaban J connectivity index is 1.65. The van der Waals surface area contributed by atoms with E-state index in [1.807, 2.05) is 6.20 Å². The molecule has 0 aliphatic carbocycles. The lowest BCUT2D eigenvalue weighted by molar-refractivity contribution is -0.137. The van der Waals surface area contributed by atoms with Gasteiger partial charge in [-0.25, -0.2) is 18.1 Å². The minimum atomic E-state index is -4.55. The van der Waals surface area contributed by atoms with Crippen LogP contribution in [0.2, 0.25) is 0 Å². The number of benzene rings is 1. The Morgan fingerprint density at radius 2 is 1.90 bits per heavy atom. The standard InChI is InChI=1S/C18H15F3N6O2S/c1-11-5-12-9-26(2)24-16(12)7-15(11)25-30(28,29)14-8-23-27(10-14)17-6-13(3-4-22-17)18(19,20)21/h3-10,25H,1-2H3. The monoisotopic (exact) mass is 436 g/mol. The molecule has 0 atom stereocenters. The molecule has 0 saturated carbocycles. The van der Waals surface area contributed by atoms with Gasteiger partial charge in [-0.15, -0.1) is 0 Å². The second-order valence-electron chi connectivity index (χ2n) is 6.66. The van der Waals surface area contributed by atoms with Gasteiger partial charge in [0.2, 0.25) is 0 Å². The number of anilines is 1. The van der Waals surface area contributed by atoms with Crippen molar-refractivity contribution in [2.45, 2.75) is 18.0 Å². The summed E-state index contributed by atoms with van der Waals surface area (Å²) in [6.45, 7) is 1.75. The van der Waals surface area contributed by atoms with Gasteiger partial charge in [0.05, 0.1) is 29.2 Å². The Labute approximate surface area is 169 Å². The van der Waals surface area contributed by atoms with Crippen LogP contribution >= 0.6 is 0 Å². The summed E-state index contributed by atoms with van der Waals surface area (Å²) in [5.74, 6) is -0.155. The number of alkyl halides is 3. The van der Waals surface area contributed by atoms with Gasteiger partial charge < -0.3 is 0 Å². The molecule has 0 spiro atoms. The topological polar surface area (TPSA) is 94.7 Å². The molecular weight excluding hydrogens is 421 g/mol. The first kappa shape index (κ1) is 19.9. The van der Waals surface area contributed by atoms with Crippen LogP contribution in [0, 0.1) is 6.92 Å². The van der Waals surface area contributed by atoms with Crippen molar-refractivity contribution >= 4 is 26.6 Å². The zero-order valence-corrected chi connectivity index (χ0v) is 16.5. The number of pyridine rings is 1. The lowest BCUT2D eigenvalue weighted by atomic mass is 10.1. The number of nitrogens with zero attached hydrogens (tertiary/aromatic N) is 5. The smallest absolute Gasteiger partial charge is 0.279 e. The van der Waals surface area contributed by atoms with Crippen LogP contribution in [-0.4, -0.2) is 33.0 Å². The van der Waals surface area contributed by atoms with Gasteiger partial charge in [-0.3, -0.25) is 9.40 Å². The predicted molar refractivity (Wildman–Crippen MR) is 103 cm³/mol. The summed E-state index contributed by atoms with van der Waals surface area (Å²) in [7, 11) is -2.28. The maximum atomic E-state index is 12.9. The SMILES string of the molecule is Cc1cc2cn(C)nc2cc1NS(=O)(=O)c1cnn(-c2cc(C(F)(F)F)ccn2)c1. The molecule has 156 valence electrons. The average molecular weight is 436 g/mol. The van der Waals surface area contributed by atoms with Gasteiger partial charge in [-0.1, -0.05) is 0 Å². The number of nitrogens with one attached hydrogen (secondary N) is 1. The second-order valence-corrected chi connectivity index (χ2v) is 8.34. The summed E-state index contributed by atoms with van der Waals surface area (Å²) in [6.07, 6.45) is 0.381. The van der Waals surface area contributed by atoms with Crippen molar-refractivity contribution in [2.75, 3.05) is 4.72 Å².